The van der Waals surface area contributed by atoms with Crippen LogP contribution in [0.4, 0.5) is 0 Å². The molecule has 1 aromatic carbocycles. The van der Waals surface area contributed by atoms with Crippen LogP contribution in [-0.2, 0) is 0 Å². The fraction of sp³-hybridized carbons (Fsp3) is 0.500. The Morgan fingerprint density at radius 2 is 1.79 bits per heavy atom. The van der Waals surface area contributed by atoms with Gasteiger partial charge in [-0.1, -0.05) is 30.3 Å². The molecule has 1 aliphatic rings. The Morgan fingerprint density at radius 3 is 2.43 bits per heavy atom. The monoisotopic (exact) mass is 207 g/mol. The lowest BCUT2D eigenvalue weighted by Gasteiger charge is -2.27. The van der Waals surface area contributed by atoms with Crippen LogP contribution in [0, 0.1) is 5.92 Å². The summed E-state index contributed by atoms with van der Waals surface area (Å²) in [5.41, 5.74) is 1.36. The average Bonchev–Trinajstić information content (AvgIpc) is 2.30. The van der Waals surface area contributed by atoms with Crippen molar-refractivity contribution in [1.29, 1.82) is 0 Å². The number of piperidine rings is 1. The number of hydrogen-bond acceptors (Lipinski definition) is 2. The summed E-state index contributed by atoms with van der Waals surface area (Å²) in [5.74, 6) is 0.738. The third kappa shape index (κ3) is 2.31. The lowest BCUT2D eigenvalue weighted by molar-refractivity contribution is 0.368. The van der Waals surface area contributed by atoms with E-state index in [1.807, 2.05) is 0 Å². The second-order valence-electron chi connectivity index (χ2n) is 3.94. The maximum absolute atomic E-state index is 4.73. The van der Waals surface area contributed by atoms with E-state index in [0.717, 1.165) is 19.0 Å². The predicted octanol–water partition coefficient (Wildman–Crippen LogP) is 2.66. The molecule has 0 amide bonds. The lowest BCUT2D eigenvalue weighted by Crippen LogP contribution is -2.29. The summed E-state index contributed by atoms with van der Waals surface area (Å²) in [7, 11) is 0. The highest BCUT2D eigenvalue weighted by molar-refractivity contribution is 7.80. The van der Waals surface area contributed by atoms with Crippen molar-refractivity contribution < 1.29 is 0 Å². The molecular weight excluding hydrogens is 190 g/mol. The largest absolute Gasteiger partial charge is 0.317 e. The van der Waals surface area contributed by atoms with E-state index >= 15 is 0 Å². The Balaban J connectivity index is 2.03. The Hall–Kier alpha value is -0.470. The van der Waals surface area contributed by atoms with Gasteiger partial charge in [0.05, 0.1) is 0 Å². The van der Waals surface area contributed by atoms with Crippen LogP contribution in [0.3, 0.4) is 0 Å². The Labute approximate surface area is 91.3 Å². The van der Waals surface area contributed by atoms with Crippen molar-refractivity contribution in [3.8, 4) is 0 Å². The minimum absolute atomic E-state index is 0.415. The number of rotatable bonds is 2. The summed E-state index contributed by atoms with van der Waals surface area (Å²) in [6, 6.07) is 10.6. The Morgan fingerprint density at radius 1 is 1.14 bits per heavy atom. The Kier molecular flexibility index (Phi) is 3.49. The molecule has 14 heavy (non-hydrogen) atoms. The average molecular weight is 207 g/mol. The van der Waals surface area contributed by atoms with Gasteiger partial charge in [-0.15, -0.1) is 0 Å². The topological polar surface area (TPSA) is 12.0 Å². The van der Waals surface area contributed by atoms with Gasteiger partial charge in [0.2, 0.25) is 0 Å². The predicted molar refractivity (Wildman–Crippen MR) is 63.8 cm³/mol. The molecule has 1 N–H and O–H groups in total. The molecule has 1 saturated heterocycles. The molecule has 1 unspecified atom stereocenters. The van der Waals surface area contributed by atoms with Crippen LogP contribution in [0.25, 0.3) is 0 Å². The van der Waals surface area contributed by atoms with Gasteiger partial charge >= 0.3 is 0 Å². The van der Waals surface area contributed by atoms with E-state index in [9.17, 15) is 0 Å². The molecule has 1 nitrogen and oxygen atoms in total. The van der Waals surface area contributed by atoms with Gasteiger partial charge in [-0.25, -0.2) is 0 Å². The van der Waals surface area contributed by atoms with Gasteiger partial charge in [0.15, 0.2) is 0 Å². The summed E-state index contributed by atoms with van der Waals surface area (Å²) in [4.78, 5) is 0. The first-order chi connectivity index (χ1) is 6.88. The van der Waals surface area contributed by atoms with E-state index in [-0.39, 0.29) is 0 Å². The first kappa shape index (κ1) is 10.1. The molecular formula is C12H17NS. The summed E-state index contributed by atoms with van der Waals surface area (Å²) in [6.07, 6.45) is 2.51. The van der Waals surface area contributed by atoms with Crippen molar-refractivity contribution in [2.45, 2.75) is 18.1 Å². The van der Waals surface area contributed by atoms with Crippen LogP contribution in [0.15, 0.2) is 30.3 Å². The van der Waals surface area contributed by atoms with E-state index in [2.05, 4.69) is 35.6 Å². The molecule has 2 rings (SSSR count). The maximum Gasteiger partial charge on any atom is 0.0296 e. The van der Waals surface area contributed by atoms with Crippen molar-refractivity contribution in [3.63, 3.8) is 0 Å². The van der Waals surface area contributed by atoms with Gasteiger partial charge in [0.1, 0.15) is 0 Å². The summed E-state index contributed by atoms with van der Waals surface area (Å²) >= 11 is 4.73. The van der Waals surface area contributed by atoms with E-state index in [0.29, 0.717) is 5.25 Å². The van der Waals surface area contributed by atoms with Crippen LogP contribution in [0.5, 0.6) is 0 Å². The fourth-order valence-electron chi connectivity index (χ4n) is 2.08. The van der Waals surface area contributed by atoms with Crippen molar-refractivity contribution in [2.24, 2.45) is 5.92 Å². The third-order valence-corrected chi connectivity index (χ3v) is 3.69. The van der Waals surface area contributed by atoms with Crippen LogP contribution in [0.2, 0.25) is 0 Å². The first-order valence-electron chi connectivity index (χ1n) is 5.31. The molecule has 1 aliphatic heterocycles. The minimum Gasteiger partial charge on any atom is -0.317 e. The normalized spacial score (nSPS) is 20.6. The molecule has 1 fully saturated rings. The van der Waals surface area contributed by atoms with E-state index in [1.54, 1.807) is 0 Å². The fourth-order valence-corrected chi connectivity index (χ4v) is 2.55. The van der Waals surface area contributed by atoms with E-state index in [4.69, 9.17) is 12.6 Å². The third-order valence-electron chi connectivity index (χ3n) is 2.97. The zero-order valence-electron chi connectivity index (χ0n) is 8.32. The molecule has 0 spiro atoms. The van der Waals surface area contributed by atoms with Gasteiger partial charge in [-0.3, -0.25) is 0 Å². The highest BCUT2D eigenvalue weighted by atomic mass is 32.1. The summed E-state index contributed by atoms with van der Waals surface area (Å²) < 4.78 is 0. The zero-order chi connectivity index (χ0) is 9.80. The molecule has 2 heteroatoms. The maximum atomic E-state index is 4.73. The van der Waals surface area contributed by atoms with Crippen LogP contribution in [-0.4, -0.2) is 13.1 Å². The SMILES string of the molecule is SC(c1ccccc1)C1CCNCC1. The van der Waals surface area contributed by atoms with Crippen molar-refractivity contribution >= 4 is 12.6 Å². The quantitative estimate of drug-likeness (QED) is 0.711. The molecule has 0 saturated carbocycles. The second-order valence-corrected chi connectivity index (χ2v) is 4.50. The van der Waals surface area contributed by atoms with Gasteiger partial charge in [-0.05, 0) is 37.4 Å². The standard InChI is InChI=1S/C12H17NS/c14-12(10-4-2-1-3-5-10)11-6-8-13-9-7-11/h1-5,11-14H,6-9H2. The van der Waals surface area contributed by atoms with Gasteiger partial charge < -0.3 is 5.32 Å². The number of nitrogens with one attached hydrogen (secondary N) is 1. The van der Waals surface area contributed by atoms with Gasteiger partial charge in [-0.2, -0.15) is 12.6 Å². The minimum atomic E-state index is 0.415. The van der Waals surface area contributed by atoms with Gasteiger partial charge in [0.25, 0.3) is 0 Å². The summed E-state index contributed by atoms with van der Waals surface area (Å²) in [6.45, 7) is 2.29. The van der Waals surface area contributed by atoms with Crippen molar-refractivity contribution in [3.05, 3.63) is 35.9 Å². The van der Waals surface area contributed by atoms with Crippen LogP contribution >= 0.6 is 12.6 Å². The molecule has 1 heterocycles. The molecule has 0 radical (unpaired) electrons. The zero-order valence-corrected chi connectivity index (χ0v) is 9.21. The van der Waals surface area contributed by atoms with Crippen molar-refractivity contribution in [2.75, 3.05) is 13.1 Å². The Bertz CT molecular complexity index is 267. The number of hydrogen-bond donors (Lipinski definition) is 2. The van der Waals surface area contributed by atoms with E-state index < -0.39 is 0 Å². The van der Waals surface area contributed by atoms with Crippen LogP contribution in [0.1, 0.15) is 23.7 Å². The number of thiol groups is 1. The first-order valence-corrected chi connectivity index (χ1v) is 5.83. The highest BCUT2D eigenvalue weighted by Crippen LogP contribution is 2.33. The second kappa shape index (κ2) is 4.85. The molecule has 1 atom stereocenters. The number of benzene rings is 1. The van der Waals surface area contributed by atoms with Crippen molar-refractivity contribution in [1.82, 2.24) is 5.32 Å². The van der Waals surface area contributed by atoms with Crippen LogP contribution < -0.4 is 5.32 Å². The molecule has 0 aliphatic carbocycles. The van der Waals surface area contributed by atoms with Gasteiger partial charge in [0, 0.05) is 5.25 Å². The molecule has 0 bridgehead atoms. The molecule has 0 aromatic heterocycles. The molecule has 1 aromatic rings. The smallest absolute Gasteiger partial charge is 0.0296 e. The lowest BCUT2D eigenvalue weighted by atomic mass is 9.90. The highest BCUT2D eigenvalue weighted by Gasteiger charge is 2.21. The van der Waals surface area contributed by atoms with E-state index in [1.165, 1.54) is 18.4 Å². The summed E-state index contributed by atoms with van der Waals surface area (Å²) in [5, 5.41) is 3.80. The molecule has 76 valence electrons.